The molecule has 0 aromatic carbocycles. The summed E-state index contributed by atoms with van der Waals surface area (Å²) in [5.74, 6) is -0.313. The van der Waals surface area contributed by atoms with E-state index in [1.807, 2.05) is 20.8 Å². The van der Waals surface area contributed by atoms with Crippen LogP contribution in [0, 0.1) is 5.92 Å². The van der Waals surface area contributed by atoms with Crippen molar-refractivity contribution in [2.45, 2.75) is 39.7 Å². The molecule has 0 N–H and O–H groups in total. The normalized spacial score (nSPS) is 22.1. The van der Waals surface area contributed by atoms with E-state index < -0.39 is 0 Å². The first kappa shape index (κ1) is 11.0. The number of carbonyl (C=O) groups is 2. The zero-order valence-corrected chi connectivity index (χ0v) is 8.87. The zero-order chi connectivity index (χ0) is 10.7. The molecule has 0 bridgehead atoms. The summed E-state index contributed by atoms with van der Waals surface area (Å²) < 4.78 is 5.10. The third kappa shape index (κ3) is 2.69. The van der Waals surface area contributed by atoms with Gasteiger partial charge in [-0.05, 0) is 33.3 Å². The molecule has 0 amide bonds. The number of ether oxygens (including phenoxy) is 1. The topological polar surface area (TPSA) is 43.4 Å². The lowest BCUT2D eigenvalue weighted by atomic mass is 9.88. The number of carbonyl (C=O) groups excluding carboxylic acids is 2. The summed E-state index contributed by atoms with van der Waals surface area (Å²) in [6.07, 6.45) is 2.51. The van der Waals surface area contributed by atoms with Crippen LogP contribution in [0.4, 0.5) is 0 Å². The summed E-state index contributed by atoms with van der Waals surface area (Å²) in [5.41, 5.74) is 0.826. The van der Waals surface area contributed by atoms with Gasteiger partial charge in [0.1, 0.15) is 0 Å². The standard InChI is InChI=1S/C11H16O3/c1-7(2)14-11(13)10-5-4-9(12)6-8(10)3/h6-7,10H,4-5H2,1-3H3. The highest BCUT2D eigenvalue weighted by Gasteiger charge is 2.26. The van der Waals surface area contributed by atoms with Crippen molar-refractivity contribution in [1.82, 2.24) is 0 Å². The van der Waals surface area contributed by atoms with Crippen LogP contribution < -0.4 is 0 Å². The molecule has 0 radical (unpaired) electrons. The molecular weight excluding hydrogens is 180 g/mol. The highest BCUT2D eigenvalue weighted by atomic mass is 16.5. The van der Waals surface area contributed by atoms with Gasteiger partial charge in [-0.1, -0.05) is 5.57 Å². The Morgan fingerprint density at radius 1 is 1.57 bits per heavy atom. The van der Waals surface area contributed by atoms with E-state index in [1.54, 1.807) is 6.08 Å². The fraction of sp³-hybridized carbons (Fsp3) is 0.636. The van der Waals surface area contributed by atoms with Crippen LogP contribution in [0.1, 0.15) is 33.6 Å². The van der Waals surface area contributed by atoms with Gasteiger partial charge >= 0.3 is 5.97 Å². The van der Waals surface area contributed by atoms with Crippen molar-refractivity contribution in [3.05, 3.63) is 11.6 Å². The molecule has 14 heavy (non-hydrogen) atoms. The molecule has 0 heterocycles. The van der Waals surface area contributed by atoms with Crippen molar-refractivity contribution in [2.75, 3.05) is 0 Å². The highest BCUT2D eigenvalue weighted by molar-refractivity contribution is 5.93. The van der Waals surface area contributed by atoms with E-state index in [-0.39, 0.29) is 23.8 Å². The molecule has 1 unspecified atom stereocenters. The Morgan fingerprint density at radius 2 is 2.21 bits per heavy atom. The van der Waals surface area contributed by atoms with Gasteiger partial charge in [-0.15, -0.1) is 0 Å². The van der Waals surface area contributed by atoms with E-state index >= 15 is 0 Å². The molecular formula is C11H16O3. The molecule has 0 aromatic rings. The minimum Gasteiger partial charge on any atom is -0.463 e. The lowest BCUT2D eigenvalue weighted by Gasteiger charge is -2.20. The van der Waals surface area contributed by atoms with Gasteiger partial charge in [-0.3, -0.25) is 9.59 Å². The van der Waals surface area contributed by atoms with Crippen molar-refractivity contribution < 1.29 is 14.3 Å². The maximum atomic E-state index is 11.6. The van der Waals surface area contributed by atoms with Crippen LogP contribution >= 0.6 is 0 Å². The first-order valence-electron chi connectivity index (χ1n) is 4.92. The van der Waals surface area contributed by atoms with Gasteiger partial charge in [-0.25, -0.2) is 0 Å². The predicted molar refractivity (Wildman–Crippen MR) is 52.7 cm³/mol. The van der Waals surface area contributed by atoms with Crippen LogP contribution in [0.15, 0.2) is 11.6 Å². The van der Waals surface area contributed by atoms with Crippen molar-refractivity contribution >= 4 is 11.8 Å². The van der Waals surface area contributed by atoms with Gasteiger partial charge in [0.15, 0.2) is 5.78 Å². The summed E-state index contributed by atoms with van der Waals surface area (Å²) in [7, 11) is 0. The number of hydrogen-bond donors (Lipinski definition) is 0. The summed E-state index contributed by atoms with van der Waals surface area (Å²) in [6.45, 7) is 5.46. The Labute approximate surface area is 84.1 Å². The molecule has 1 atom stereocenters. The van der Waals surface area contributed by atoms with E-state index in [4.69, 9.17) is 4.74 Å². The minimum absolute atomic E-state index is 0.0899. The Morgan fingerprint density at radius 3 is 2.71 bits per heavy atom. The summed E-state index contributed by atoms with van der Waals surface area (Å²) in [6, 6.07) is 0. The largest absolute Gasteiger partial charge is 0.463 e. The molecule has 0 saturated carbocycles. The van der Waals surface area contributed by atoms with E-state index in [9.17, 15) is 9.59 Å². The average molecular weight is 196 g/mol. The number of esters is 1. The first-order valence-corrected chi connectivity index (χ1v) is 4.92. The second-order valence-corrected chi connectivity index (χ2v) is 3.93. The quantitative estimate of drug-likeness (QED) is 0.633. The maximum absolute atomic E-state index is 11.6. The van der Waals surface area contributed by atoms with Gasteiger partial charge in [0.25, 0.3) is 0 Å². The van der Waals surface area contributed by atoms with Crippen LogP contribution in [0.3, 0.4) is 0 Å². The Hall–Kier alpha value is -1.12. The molecule has 0 aromatic heterocycles. The molecule has 1 aliphatic rings. The van der Waals surface area contributed by atoms with E-state index in [1.165, 1.54) is 0 Å². The van der Waals surface area contributed by atoms with Gasteiger partial charge in [0.2, 0.25) is 0 Å². The fourth-order valence-electron chi connectivity index (χ4n) is 1.56. The van der Waals surface area contributed by atoms with E-state index in [0.29, 0.717) is 12.8 Å². The van der Waals surface area contributed by atoms with Crippen LogP contribution in [0.25, 0.3) is 0 Å². The second kappa shape index (κ2) is 4.40. The Bertz CT molecular complexity index is 276. The fourth-order valence-corrected chi connectivity index (χ4v) is 1.56. The smallest absolute Gasteiger partial charge is 0.313 e. The van der Waals surface area contributed by atoms with Crippen LogP contribution in [0.2, 0.25) is 0 Å². The molecule has 1 aliphatic carbocycles. The SMILES string of the molecule is CC1=CC(=O)CCC1C(=O)OC(C)C. The molecule has 0 spiro atoms. The molecule has 1 rings (SSSR count). The molecule has 0 aliphatic heterocycles. The van der Waals surface area contributed by atoms with Crippen molar-refractivity contribution in [2.24, 2.45) is 5.92 Å². The van der Waals surface area contributed by atoms with Gasteiger partial charge in [0, 0.05) is 6.42 Å². The lowest BCUT2D eigenvalue weighted by molar-refractivity contribution is -0.151. The third-order valence-electron chi connectivity index (χ3n) is 2.25. The van der Waals surface area contributed by atoms with E-state index in [0.717, 1.165) is 5.57 Å². The summed E-state index contributed by atoms with van der Waals surface area (Å²) in [4.78, 5) is 22.6. The van der Waals surface area contributed by atoms with Crippen molar-refractivity contribution in [1.29, 1.82) is 0 Å². The molecule has 0 fully saturated rings. The van der Waals surface area contributed by atoms with Gasteiger partial charge in [0.05, 0.1) is 12.0 Å². The van der Waals surface area contributed by atoms with Gasteiger partial charge < -0.3 is 4.74 Å². The Kier molecular flexibility index (Phi) is 3.44. The molecule has 3 nitrogen and oxygen atoms in total. The van der Waals surface area contributed by atoms with E-state index in [2.05, 4.69) is 0 Å². The Balaban J connectivity index is 2.65. The monoisotopic (exact) mass is 196 g/mol. The third-order valence-corrected chi connectivity index (χ3v) is 2.25. The van der Waals surface area contributed by atoms with Crippen molar-refractivity contribution in [3.63, 3.8) is 0 Å². The molecule has 78 valence electrons. The highest BCUT2D eigenvalue weighted by Crippen LogP contribution is 2.24. The lowest BCUT2D eigenvalue weighted by Crippen LogP contribution is -2.25. The number of ketones is 1. The van der Waals surface area contributed by atoms with Crippen LogP contribution in [-0.2, 0) is 14.3 Å². The minimum atomic E-state index is -0.213. The number of allylic oxidation sites excluding steroid dienone is 1. The number of hydrogen-bond acceptors (Lipinski definition) is 3. The molecule has 3 heteroatoms. The average Bonchev–Trinajstić information content (AvgIpc) is 2.01. The summed E-state index contributed by atoms with van der Waals surface area (Å²) >= 11 is 0. The van der Waals surface area contributed by atoms with Crippen LogP contribution in [0.5, 0.6) is 0 Å². The maximum Gasteiger partial charge on any atom is 0.313 e. The number of rotatable bonds is 2. The second-order valence-electron chi connectivity index (χ2n) is 3.93. The van der Waals surface area contributed by atoms with Crippen LogP contribution in [-0.4, -0.2) is 17.9 Å². The predicted octanol–water partition coefficient (Wildman–Crippen LogP) is 1.86. The van der Waals surface area contributed by atoms with Crippen molar-refractivity contribution in [3.8, 4) is 0 Å². The summed E-state index contributed by atoms with van der Waals surface area (Å²) in [5, 5.41) is 0. The first-order chi connectivity index (χ1) is 6.50. The molecule has 0 saturated heterocycles. The van der Waals surface area contributed by atoms with Gasteiger partial charge in [-0.2, -0.15) is 0 Å². The zero-order valence-electron chi connectivity index (χ0n) is 8.87.